The van der Waals surface area contributed by atoms with E-state index in [0.29, 0.717) is 5.69 Å². The van der Waals surface area contributed by atoms with Gasteiger partial charge in [-0.2, -0.15) is 0 Å². The molecule has 2 aromatic carbocycles. The number of hydrogen-bond acceptors (Lipinski definition) is 2. The quantitative estimate of drug-likeness (QED) is 0.898. The number of carbonyl (C=O) groups is 2. The molecule has 0 radical (unpaired) electrons. The SMILES string of the molecule is C=C(C)c1cccc(NC(=O)c2ccccc2C(=O)O)c1. The highest BCUT2D eigenvalue weighted by molar-refractivity contribution is 6.10. The summed E-state index contributed by atoms with van der Waals surface area (Å²) in [5, 5.41) is 11.8. The molecule has 21 heavy (non-hydrogen) atoms. The molecule has 4 nitrogen and oxygen atoms in total. The summed E-state index contributed by atoms with van der Waals surface area (Å²) in [5.41, 5.74) is 2.51. The first-order valence-corrected chi connectivity index (χ1v) is 6.38. The minimum atomic E-state index is -1.13. The fourth-order valence-corrected chi connectivity index (χ4v) is 1.93. The van der Waals surface area contributed by atoms with Crippen molar-refractivity contribution in [3.63, 3.8) is 0 Å². The van der Waals surface area contributed by atoms with Gasteiger partial charge < -0.3 is 10.4 Å². The van der Waals surface area contributed by atoms with Gasteiger partial charge in [-0.25, -0.2) is 4.79 Å². The first-order chi connectivity index (χ1) is 9.99. The maximum Gasteiger partial charge on any atom is 0.336 e. The van der Waals surface area contributed by atoms with Crippen LogP contribution in [0.2, 0.25) is 0 Å². The number of anilines is 1. The molecule has 0 heterocycles. The predicted molar refractivity (Wildman–Crippen MR) is 82.5 cm³/mol. The van der Waals surface area contributed by atoms with E-state index < -0.39 is 11.9 Å². The molecule has 4 heteroatoms. The largest absolute Gasteiger partial charge is 0.478 e. The molecule has 2 N–H and O–H groups in total. The Balaban J connectivity index is 2.28. The summed E-state index contributed by atoms with van der Waals surface area (Å²) in [7, 11) is 0. The van der Waals surface area contributed by atoms with Gasteiger partial charge in [0.25, 0.3) is 5.91 Å². The number of benzene rings is 2. The van der Waals surface area contributed by atoms with Crippen LogP contribution in [0.4, 0.5) is 5.69 Å². The van der Waals surface area contributed by atoms with Crippen LogP contribution in [-0.2, 0) is 0 Å². The number of allylic oxidation sites excluding steroid dienone is 1. The van der Waals surface area contributed by atoms with E-state index >= 15 is 0 Å². The molecule has 0 spiro atoms. The lowest BCUT2D eigenvalue weighted by Gasteiger charge is -2.09. The highest BCUT2D eigenvalue weighted by Gasteiger charge is 2.15. The number of amides is 1. The van der Waals surface area contributed by atoms with E-state index in [4.69, 9.17) is 5.11 Å². The number of rotatable bonds is 4. The molecule has 0 aliphatic heterocycles. The van der Waals surface area contributed by atoms with Gasteiger partial charge in [-0.05, 0) is 36.8 Å². The first-order valence-electron chi connectivity index (χ1n) is 6.38. The van der Waals surface area contributed by atoms with Crippen LogP contribution < -0.4 is 5.32 Å². The third kappa shape index (κ3) is 3.36. The summed E-state index contributed by atoms with van der Waals surface area (Å²) in [4.78, 5) is 23.4. The molecule has 0 saturated heterocycles. The Morgan fingerprint density at radius 2 is 1.71 bits per heavy atom. The van der Waals surface area contributed by atoms with E-state index in [0.717, 1.165) is 11.1 Å². The van der Waals surface area contributed by atoms with Crippen LogP contribution in [0.1, 0.15) is 33.2 Å². The standard InChI is InChI=1S/C17H15NO3/c1-11(2)12-6-5-7-13(10-12)18-16(19)14-8-3-4-9-15(14)17(20)21/h3-10H,1H2,2H3,(H,18,19)(H,20,21). The van der Waals surface area contributed by atoms with Gasteiger partial charge in [0.05, 0.1) is 11.1 Å². The van der Waals surface area contributed by atoms with Crippen LogP contribution in [0.15, 0.2) is 55.1 Å². The summed E-state index contributed by atoms with van der Waals surface area (Å²) < 4.78 is 0. The fourth-order valence-electron chi connectivity index (χ4n) is 1.93. The average Bonchev–Trinajstić information content (AvgIpc) is 2.47. The van der Waals surface area contributed by atoms with Crippen molar-refractivity contribution in [1.82, 2.24) is 0 Å². The second kappa shape index (κ2) is 6.05. The minimum absolute atomic E-state index is 0.0222. The van der Waals surface area contributed by atoms with E-state index in [9.17, 15) is 9.59 Å². The lowest BCUT2D eigenvalue weighted by molar-refractivity contribution is 0.0692. The summed E-state index contributed by atoms with van der Waals surface area (Å²) in [5.74, 6) is -1.58. The van der Waals surface area contributed by atoms with Crippen molar-refractivity contribution < 1.29 is 14.7 Å². The third-order valence-electron chi connectivity index (χ3n) is 3.02. The van der Waals surface area contributed by atoms with Gasteiger partial charge in [-0.15, -0.1) is 0 Å². The second-order valence-electron chi connectivity index (χ2n) is 4.67. The molecule has 0 aliphatic rings. The molecule has 0 saturated carbocycles. The second-order valence-corrected chi connectivity index (χ2v) is 4.67. The molecule has 2 rings (SSSR count). The highest BCUT2D eigenvalue weighted by Crippen LogP contribution is 2.18. The Morgan fingerprint density at radius 1 is 1.05 bits per heavy atom. The Morgan fingerprint density at radius 3 is 2.33 bits per heavy atom. The highest BCUT2D eigenvalue weighted by atomic mass is 16.4. The molecule has 0 aliphatic carbocycles. The monoisotopic (exact) mass is 281 g/mol. The molecule has 106 valence electrons. The molecular formula is C17H15NO3. The van der Waals surface area contributed by atoms with Gasteiger partial charge in [0.15, 0.2) is 0 Å². The van der Waals surface area contributed by atoms with E-state index in [2.05, 4.69) is 11.9 Å². The Bertz CT molecular complexity index is 719. The Kier molecular flexibility index (Phi) is 4.18. The van der Waals surface area contributed by atoms with Crippen LogP contribution in [0, 0.1) is 0 Å². The zero-order chi connectivity index (χ0) is 15.4. The number of nitrogens with one attached hydrogen (secondary N) is 1. The number of hydrogen-bond donors (Lipinski definition) is 2. The van der Waals surface area contributed by atoms with Gasteiger partial charge >= 0.3 is 5.97 Å². The molecule has 0 aromatic heterocycles. The molecule has 0 bridgehead atoms. The number of carboxylic acid groups (broad SMARTS) is 1. The van der Waals surface area contributed by atoms with Crippen molar-refractivity contribution in [3.05, 3.63) is 71.8 Å². The molecule has 0 unspecified atom stereocenters. The fraction of sp³-hybridized carbons (Fsp3) is 0.0588. The van der Waals surface area contributed by atoms with Crippen molar-refractivity contribution in [2.75, 3.05) is 5.32 Å². The molecular weight excluding hydrogens is 266 g/mol. The van der Waals surface area contributed by atoms with Crippen molar-refractivity contribution in [3.8, 4) is 0 Å². The lowest BCUT2D eigenvalue weighted by Crippen LogP contribution is -2.16. The van der Waals surface area contributed by atoms with Gasteiger partial charge in [0, 0.05) is 5.69 Å². The van der Waals surface area contributed by atoms with E-state index in [-0.39, 0.29) is 11.1 Å². The molecule has 2 aromatic rings. The van der Waals surface area contributed by atoms with Gasteiger partial charge in [0.2, 0.25) is 0 Å². The lowest BCUT2D eigenvalue weighted by atomic mass is 10.1. The zero-order valence-corrected chi connectivity index (χ0v) is 11.6. The van der Waals surface area contributed by atoms with Crippen molar-refractivity contribution in [2.24, 2.45) is 0 Å². The molecule has 0 atom stereocenters. The summed E-state index contributed by atoms with van der Waals surface area (Å²) in [6.07, 6.45) is 0. The van der Waals surface area contributed by atoms with Gasteiger partial charge in [-0.3, -0.25) is 4.79 Å². The third-order valence-corrected chi connectivity index (χ3v) is 3.02. The van der Waals surface area contributed by atoms with Crippen LogP contribution in [0.25, 0.3) is 5.57 Å². The number of carboxylic acids is 1. The maximum absolute atomic E-state index is 12.2. The van der Waals surface area contributed by atoms with E-state index in [1.165, 1.54) is 12.1 Å². The van der Waals surface area contributed by atoms with E-state index in [1.807, 2.05) is 19.1 Å². The van der Waals surface area contributed by atoms with Crippen LogP contribution in [0.3, 0.4) is 0 Å². The predicted octanol–water partition coefficient (Wildman–Crippen LogP) is 3.67. The van der Waals surface area contributed by atoms with Crippen molar-refractivity contribution in [2.45, 2.75) is 6.92 Å². The van der Waals surface area contributed by atoms with Gasteiger partial charge in [0.1, 0.15) is 0 Å². The first kappa shape index (κ1) is 14.5. The topological polar surface area (TPSA) is 66.4 Å². The number of aromatic carboxylic acids is 1. The van der Waals surface area contributed by atoms with Gasteiger partial charge in [-0.1, -0.05) is 36.4 Å². The maximum atomic E-state index is 12.2. The summed E-state index contributed by atoms with van der Waals surface area (Å²) in [6, 6.07) is 13.3. The normalized spacial score (nSPS) is 9.95. The average molecular weight is 281 g/mol. The summed E-state index contributed by atoms with van der Waals surface area (Å²) >= 11 is 0. The van der Waals surface area contributed by atoms with Crippen molar-refractivity contribution in [1.29, 1.82) is 0 Å². The van der Waals surface area contributed by atoms with Crippen LogP contribution >= 0.6 is 0 Å². The van der Waals surface area contributed by atoms with E-state index in [1.54, 1.807) is 24.3 Å². The molecule has 0 fully saturated rings. The summed E-state index contributed by atoms with van der Waals surface area (Å²) in [6.45, 7) is 5.73. The zero-order valence-electron chi connectivity index (χ0n) is 11.6. The minimum Gasteiger partial charge on any atom is -0.478 e. The number of carbonyl (C=O) groups excluding carboxylic acids is 1. The Hall–Kier alpha value is -2.88. The Labute approximate surface area is 122 Å². The molecule has 1 amide bonds. The van der Waals surface area contributed by atoms with Crippen LogP contribution in [-0.4, -0.2) is 17.0 Å². The van der Waals surface area contributed by atoms with Crippen LogP contribution in [0.5, 0.6) is 0 Å². The van der Waals surface area contributed by atoms with Crippen molar-refractivity contribution >= 4 is 23.1 Å². The smallest absolute Gasteiger partial charge is 0.336 e.